The summed E-state index contributed by atoms with van der Waals surface area (Å²) in [6.45, 7) is 0.322. The quantitative estimate of drug-likeness (QED) is 0.919. The Bertz CT molecular complexity index is 575. The first kappa shape index (κ1) is 13.3. The number of hydrogen-bond donors (Lipinski definition) is 1. The van der Waals surface area contributed by atoms with E-state index in [0.717, 1.165) is 24.1 Å². The van der Waals surface area contributed by atoms with Crippen LogP contribution < -0.4 is 0 Å². The van der Waals surface area contributed by atoms with Crippen molar-refractivity contribution in [1.82, 2.24) is 10.1 Å². The molecule has 3 rings (SSSR count). The molecule has 2 heterocycles. The van der Waals surface area contributed by atoms with E-state index in [-0.39, 0.29) is 18.6 Å². The molecule has 0 aliphatic heterocycles. The van der Waals surface area contributed by atoms with E-state index in [1.807, 2.05) is 17.5 Å². The summed E-state index contributed by atoms with van der Waals surface area (Å²) < 4.78 is 5.24. The molecule has 2 aromatic rings. The lowest BCUT2D eigenvalue weighted by molar-refractivity contribution is 0.0516. The highest BCUT2D eigenvalue weighted by Crippen LogP contribution is 2.28. The Labute approximate surface area is 120 Å². The van der Waals surface area contributed by atoms with Crippen LogP contribution in [0.5, 0.6) is 0 Å². The second kappa shape index (κ2) is 5.76. The second-order valence-electron chi connectivity index (χ2n) is 4.86. The van der Waals surface area contributed by atoms with E-state index in [4.69, 9.17) is 9.63 Å². The van der Waals surface area contributed by atoms with Gasteiger partial charge in [-0.25, -0.2) is 0 Å². The minimum atomic E-state index is -0.157. The molecule has 0 spiro atoms. The number of aliphatic hydroxyl groups is 1. The predicted octanol–water partition coefficient (Wildman–Crippen LogP) is 2.39. The fraction of sp³-hybridized carbons (Fsp3) is 0.429. The number of carbonyl (C=O) groups is 1. The van der Waals surface area contributed by atoms with Gasteiger partial charge in [0.2, 0.25) is 0 Å². The van der Waals surface area contributed by atoms with E-state index in [2.05, 4.69) is 5.16 Å². The van der Waals surface area contributed by atoms with Crippen molar-refractivity contribution < 1.29 is 14.4 Å². The van der Waals surface area contributed by atoms with Gasteiger partial charge in [0.25, 0.3) is 5.91 Å². The van der Waals surface area contributed by atoms with Gasteiger partial charge in [-0.05, 0) is 30.7 Å². The standard InChI is InChI=1S/C14H16N2O3S/c17-7-6-16(10-3-1-4-10)14(18)11-9-12(19-15-11)13-5-2-8-20-13/h2,5,8-10,17H,1,3-4,6-7H2. The van der Waals surface area contributed by atoms with Crippen molar-refractivity contribution in [2.75, 3.05) is 13.2 Å². The van der Waals surface area contributed by atoms with E-state index >= 15 is 0 Å². The van der Waals surface area contributed by atoms with Crippen LogP contribution in [-0.2, 0) is 0 Å². The van der Waals surface area contributed by atoms with Crippen LogP contribution in [0.25, 0.3) is 10.6 Å². The molecule has 106 valence electrons. The lowest BCUT2D eigenvalue weighted by atomic mass is 9.91. The SMILES string of the molecule is O=C(c1cc(-c2cccs2)on1)N(CCO)C1CCC1. The van der Waals surface area contributed by atoms with Gasteiger partial charge in [0.1, 0.15) is 0 Å². The maximum atomic E-state index is 12.4. The van der Waals surface area contributed by atoms with Crippen LogP contribution in [0, 0.1) is 0 Å². The van der Waals surface area contributed by atoms with Gasteiger partial charge in [-0.3, -0.25) is 4.79 Å². The van der Waals surface area contributed by atoms with Gasteiger partial charge in [-0.2, -0.15) is 0 Å². The van der Waals surface area contributed by atoms with Gasteiger partial charge in [-0.15, -0.1) is 11.3 Å². The molecule has 6 heteroatoms. The Morgan fingerprint density at radius 1 is 1.55 bits per heavy atom. The number of aromatic nitrogens is 1. The molecule has 0 radical (unpaired) electrons. The molecule has 1 aliphatic rings. The summed E-state index contributed by atoms with van der Waals surface area (Å²) in [5, 5.41) is 14.9. The molecule has 0 saturated heterocycles. The van der Waals surface area contributed by atoms with Gasteiger partial charge >= 0.3 is 0 Å². The third-order valence-corrected chi connectivity index (χ3v) is 4.49. The zero-order valence-electron chi connectivity index (χ0n) is 11.0. The van der Waals surface area contributed by atoms with Crippen LogP contribution in [0.4, 0.5) is 0 Å². The van der Waals surface area contributed by atoms with Crippen LogP contribution >= 0.6 is 11.3 Å². The highest BCUT2D eigenvalue weighted by Gasteiger charge is 2.30. The van der Waals surface area contributed by atoms with Crippen molar-refractivity contribution in [1.29, 1.82) is 0 Å². The van der Waals surface area contributed by atoms with Gasteiger partial charge in [0.15, 0.2) is 11.5 Å². The van der Waals surface area contributed by atoms with Crippen LogP contribution in [0.1, 0.15) is 29.8 Å². The fourth-order valence-corrected chi connectivity index (χ4v) is 2.99. The van der Waals surface area contributed by atoms with E-state index < -0.39 is 0 Å². The largest absolute Gasteiger partial charge is 0.395 e. The van der Waals surface area contributed by atoms with Crippen LogP contribution in [-0.4, -0.2) is 40.3 Å². The molecular weight excluding hydrogens is 276 g/mol. The zero-order valence-corrected chi connectivity index (χ0v) is 11.8. The summed E-state index contributed by atoms with van der Waals surface area (Å²) in [6.07, 6.45) is 3.14. The third kappa shape index (κ3) is 2.48. The Balaban J connectivity index is 1.78. The van der Waals surface area contributed by atoms with Gasteiger partial charge in [-0.1, -0.05) is 11.2 Å². The molecule has 0 bridgehead atoms. The third-order valence-electron chi connectivity index (χ3n) is 3.61. The first-order valence-corrected chi connectivity index (χ1v) is 7.60. The Kier molecular flexibility index (Phi) is 3.84. The van der Waals surface area contributed by atoms with Crippen molar-refractivity contribution in [3.8, 4) is 10.6 Å². The lowest BCUT2D eigenvalue weighted by Gasteiger charge is -2.36. The fourth-order valence-electron chi connectivity index (χ4n) is 2.31. The second-order valence-corrected chi connectivity index (χ2v) is 5.81. The molecule has 1 aliphatic carbocycles. The molecule has 5 nitrogen and oxygen atoms in total. The zero-order chi connectivity index (χ0) is 13.9. The smallest absolute Gasteiger partial charge is 0.276 e. The highest BCUT2D eigenvalue weighted by molar-refractivity contribution is 7.13. The normalized spacial score (nSPS) is 15.1. The number of thiophene rings is 1. The number of nitrogens with zero attached hydrogens (tertiary/aromatic N) is 2. The molecule has 1 amide bonds. The summed E-state index contributed by atoms with van der Waals surface area (Å²) in [4.78, 5) is 15.1. The molecule has 0 unspecified atom stereocenters. The maximum absolute atomic E-state index is 12.4. The van der Waals surface area contributed by atoms with Crippen molar-refractivity contribution in [2.24, 2.45) is 0 Å². The number of amides is 1. The molecule has 1 fully saturated rings. The minimum absolute atomic E-state index is 0.0299. The first-order chi connectivity index (χ1) is 9.79. The lowest BCUT2D eigenvalue weighted by Crippen LogP contribution is -2.45. The predicted molar refractivity (Wildman–Crippen MR) is 75.6 cm³/mol. The average Bonchev–Trinajstić information content (AvgIpc) is 3.05. The molecular formula is C14H16N2O3S. The highest BCUT2D eigenvalue weighted by atomic mass is 32.1. The van der Waals surface area contributed by atoms with Gasteiger partial charge < -0.3 is 14.5 Å². The van der Waals surface area contributed by atoms with E-state index in [9.17, 15) is 4.79 Å². The minimum Gasteiger partial charge on any atom is -0.395 e. The summed E-state index contributed by atoms with van der Waals surface area (Å²) in [7, 11) is 0. The number of aliphatic hydroxyl groups excluding tert-OH is 1. The number of rotatable bonds is 5. The monoisotopic (exact) mass is 292 g/mol. The van der Waals surface area contributed by atoms with E-state index in [1.165, 1.54) is 0 Å². The molecule has 1 saturated carbocycles. The average molecular weight is 292 g/mol. The summed E-state index contributed by atoms with van der Waals surface area (Å²) in [6, 6.07) is 5.77. The first-order valence-electron chi connectivity index (χ1n) is 6.72. The maximum Gasteiger partial charge on any atom is 0.276 e. The van der Waals surface area contributed by atoms with Crippen molar-refractivity contribution >= 4 is 17.2 Å². The van der Waals surface area contributed by atoms with Crippen molar-refractivity contribution in [3.63, 3.8) is 0 Å². The van der Waals surface area contributed by atoms with Gasteiger partial charge in [0, 0.05) is 18.7 Å². The summed E-state index contributed by atoms with van der Waals surface area (Å²) in [5.41, 5.74) is 0.314. The molecule has 2 aromatic heterocycles. The number of carbonyl (C=O) groups excluding carboxylic acids is 1. The summed E-state index contributed by atoms with van der Waals surface area (Å²) in [5.74, 6) is 0.455. The molecule has 0 aromatic carbocycles. The Morgan fingerprint density at radius 2 is 2.40 bits per heavy atom. The van der Waals surface area contributed by atoms with Gasteiger partial charge in [0.05, 0.1) is 11.5 Å². The Morgan fingerprint density at radius 3 is 3.00 bits per heavy atom. The molecule has 20 heavy (non-hydrogen) atoms. The summed E-state index contributed by atoms with van der Waals surface area (Å²) >= 11 is 1.54. The van der Waals surface area contributed by atoms with Crippen LogP contribution in [0.2, 0.25) is 0 Å². The molecule has 1 N–H and O–H groups in total. The Hall–Kier alpha value is -1.66. The van der Waals surface area contributed by atoms with Crippen molar-refractivity contribution in [3.05, 3.63) is 29.3 Å². The van der Waals surface area contributed by atoms with Crippen molar-refractivity contribution in [2.45, 2.75) is 25.3 Å². The number of hydrogen-bond acceptors (Lipinski definition) is 5. The van der Waals surface area contributed by atoms with E-state index in [1.54, 1.807) is 22.3 Å². The van der Waals surface area contributed by atoms with Crippen LogP contribution in [0.15, 0.2) is 28.1 Å². The molecule has 0 atom stereocenters. The van der Waals surface area contributed by atoms with Crippen LogP contribution in [0.3, 0.4) is 0 Å². The topological polar surface area (TPSA) is 66.6 Å². The van der Waals surface area contributed by atoms with E-state index in [0.29, 0.717) is 18.0 Å².